The molecule has 0 aliphatic rings. The van der Waals surface area contributed by atoms with Crippen LogP contribution in [-0.2, 0) is 4.79 Å². The van der Waals surface area contributed by atoms with Crippen molar-refractivity contribution in [1.29, 1.82) is 0 Å². The summed E-state index contributed by atoms with van der Waals surface area (Å²) in [6.07, 6.45) is -0.875. The highest BCUT2D eigenvalue weighted by atomic mass is 16.5. The molecule has 140 valence electrons. The van der Waals surface area contributed by atoms with Crippen molar-refractivity contribution < 1.29 is 28.8 Å². The zero-order chi connectivity index (χ0) is 18.9. The quantitative estimate of drug-likeness (QED) is 0.710. The van der Waals surface area contributed by atoms with Crippen LogP contribution in [0.2, 0.25) is 0 Å². The average Bonchev–Trinajstić information content (AvgIpc) is 2.70. The van der Waals surface area contributed by atoms with Crippen LogP contribution < -0.4 is 24.3 Å². The van der Waals surface area contributed by atoms with Crippen LogP contribution in [0.3, 0.4) is 0 Å². The first-order valence-electron chi connectivity index (χ1n) is 8.01. The molecule has 0 radical (unpaired) electrons. The van der Waals surface area contributed by atoms with E-state index in [1.54, 1.807) is 49.6 Å². The number of aliphatic hydroxyl groups is 1. The first-order valence-corrected chi connectivity index (χ1v) is 8.01. The standard InChI is InChI=1S/C19H23NO6/c1-23-14-5-7-15(8-6-14)26-12-19(22)20-11-16(21)13-4-9-17(24-2)18(10-13)25-3/h4-10,16,21H,11-12H2,1-3H3,(H,20,22). The van der Waals surface area contributed by atoms with Crippen molar-refractivity contribution >= 4 is 5.91 Å². The Hall–Kier alpha value is -2.93. The summed E-state index contributed by atoms with van der Waals surface area (Å²) in [5, 5.41) is 12.9. The lowest BCUT2D eigenvalue weighted by atomic mass is 10.1. The zero-order valence-electron chi connectivity index (χ0n) is 15.0. The molecule has 0 saturated heterocycles. The molecule has 0 bridgehead atoms. The number of amides is 1. The largest absolute Gasteiger partial charge is 0.497 e. The third kappa shape index (κ3) is 5.29. The summed E-state index contributed by atoms with van der Waals surface area (Å²) in [5.74, 6) is 2.01. The van der Waals surface area contributed by atoms with E-state index in [9.17, 15) is 9.90 Å². The maximum Gasteiger partial charge on any atom is 0.258 e. The molecular weight excluding hydrogens is 338 g/mol. The minimum absolute atomic E-state index is 0.0558. The van der Waals surface area contributed by atoms with Crippen molar-refractivity contribution in [3.8, 4) is 23.0 Å². The van der Waals surface area contributed by atoms with Crippen LogP contribution in [-0.4, -0.2) is 45.5 Å². The Kier molecular flexibility index (Phi) is 7.11. The van der Waals surface area contributed by atoms with Gasteiger partial charge in [-0.3, -0.25) is 4.79 Å². The van der Waals surface area contributed by atoms with Crippen LogP contribution in [0, 0.1) is 0 Å². The van der Waals surface area contributed by atoms with Gasteiger partial charge < -0.3 is 29.4 Å². The summed E-state index contributed by atoms with van der Waals surface area (Å²) in [7, 11) is 4.64. The monoisotopic (exact) mass is 361 g/mol. The number of hydrogen-bond donors (Lipinski definition) is 2. The molecular formula is C19H23NO6. The van der Waals surface area contributed by atoms with E-state index in [1.807, 2.05) is 0 Å². The van der Waals surface area contributed by atoms with E-state index in [2.05, 4.69) is 5.32 Å². The van der Waals surface area contributed by atoms with Crippen LogP contribution in [0.1, 0.15) is 11.7 Å². The summed E-state index contributed by atoms with van der Waals surface area (Å²) in [6, 6.07) is 12.0. The molecule has 0 aromatic heterocycles. The molecule has 2 N–H and O–H groups in total. The van der Waals surface area contributed by atoms with E-state index in [1.165, 1.54) is 14.2 Å². The van der Waals surface area contributed by atoms with Crippen molar-refractivity contribution in [3.05, 3.63) is 48.0 Å². The Morgan fingerprint density at radius 1 is 0.962 bits per heavy atom. The minimum atomic E-state index is -0.875. The SMILES string of the molecule is COc1ccc(OCC(=O)NCC(O)c2ccc(OC)c(OC)c2)cc1. The van der Waals surface area contributed by atoms with Gasteiger partial charge in [-0.15, -0.1) is 0 Å². The predicted molar refractivity (Wildman–Crippen MR) is 96.0 cm³/mol. The van der Waals surface area contributed by atoms with Crippen molar-refractivity contribution in [3.63, 3.8) is 0 Å². The fourth-order valence-electron chi connectivity index (χ4n) is 2.26. The fraction of sp³-hybridized carbons (Fsp3) is 0.316. The number of methoxy groups -OCH3 is 3. The third-order valence-electron chi connectivity index (χ3n) is 3.71. The molecule has 0 spiro atoms. The molecule has 0 heterocycles. The highest BCUT2D eigenvalue weighted by Gasteiger charge is 2.13. The lowest BCUT2D eigenvalue weighted by Crippen LogP contribution is -2.32. The summed E-state index contributed by atoms with van der Waals surface area (Å²) < 4.78 is 20.8. The van der Waals surface area contributed by atoms with Gasteiger partial charge in [0.2, 0.25) is 0 Å². The smallest absolute Gasteiger partial charge is 0.258 e. The Balaban J connectivity index is 1.82. The maximum absolute atomic E-state index is 11.9. The molecule has 2 rings (SSSR count). The predicted octanol–water partition coefficient (Wildman–Crippen LogP) is 1.94. The summed E-state index contributed by atoms with van der Waals surface area (Å²) in [4.78, 5) is 11.9. The van der Waals surface area contributed by atoms with Crippen LogP contribution in [0.15, 0.2) is 42.5 Å². The Morgan fingerprint density at radius 2 is 1.62 bits per heavy atom. The number of aliphatic hydroxyl groups excluding tert-OH is 1. The number of hydrogen-bond acceptors (Lipinski definition) is 6. The average molecular weight is 361 g/mol. The highest BCUT2D eigenvalue weighted by molar-refractivity contribution is 5.77. The van der Waals surface area contributed by atoms with Gasteiger partial charge in [0, 0.05) is 6.54 Å². The maximum atomic E-state index is 11.9. The van der Waals surface area contributed by atoms with Crippen LogP contribution in [0.5, 0.6) is 23.0 Å². The fourth-order valence-corrected chi connectivity index (χ4v) is 2.26. The molecule has 0 aliphatic carbocycles. The van der Waals surface area contributed by atoms with Gasteiger partial charge in [0.1, 0.15) is 11.5 Å². The molecule has 2 aromatic carbocycles. The summed E-state index contributed by atoms with van der Waals surface area (Å²) >= 11 is 0. The van der Waals surface area contributed by atoms with E-state index in [-0.39, 0.29) is 19.1 Å². The van der Waals surface area contributed by atoms with Gasteiger partial charge in [-0.2, -0.15) is 0 Å². The molecule has 2 aromatic rings. The Morgan fingerprint density at radius 3 is 2.23 bits per heavy atom. The topological polar surface area (TPSA) is 86.3 Å². The number of ether oxygens (including phenoxy) is 4. The molecule has 1 unspecified atom stereocenters. The van der Waals surface area contributed by atoms with E-state index in [0.717, 1.165) is 0 Å². The van der Waals surface area contributed by atoms with Gasteiger partial charge in [0.05, 0.1) is 27.4 Å². The Bertz CT molecular complexity index is 716. The molecule has 1 atom stereocenters. The molecule has 7 heteroatoms. The minimum Gasteiger partial charge on any atom is -0.497 e. The van der Waals surface area contributed by atoms with Gasteiger partial charge in [0.15, 0.2) is 18.1 Å². The van der Waals surface area contributed by atoms with E-state index in [4.69, 9.17) is 18.9 Å². The second kappa shape index (κ2) is 9.53. The number of carbonyl (C=O) groups is 1. The van der Waals surface area contributed by atoms with E-state index < -0.39 is 6.10 Å². The first-order chi connectivity index (χ1) is 12.6. The summed E-state index contributed by atoms with van der Waals surface area (Å²) in [6.45, 7) is -0.0920. The van der Waals surface area contributed by atoms with Crippen LogP contribution >= 0.6 is 0 Å². The zero-order valence-corrected chi connectivity index (χ0v) is 15.0. The molecule has 7 nitrogen and oxygen atoms in total. The second-order valence-electron chi connectivity index (χ2n) is 5.40. The van der Waals surface area contributed by atoms with Gasteiger partial charge >= 0.3 is 0 Å². The lowest BCUT2D eigenvalue weighted by Gasteiger charge is -2.15. The molecule has 0 aliphatic heterocycles. The van der Waals surface area contributed by atoms with Crippen molar-refractivity contribution in [1.82, 2.24) is 5.32 Å². The Labute approximate surface area is 152 Å². The van der Waals surface area contributed by atoms with Crippen LogP contribution in [0.4, 0.5) is 0 Å². The van der Waals surface area contributed by atoms with Crippen molar-refractivity contribution in [2.75, 3.05) is 34.5 Å². The number of rotatable bonds is 9. The van der Waals surface area contributed by atoms with Gasteiger partial charge in [-0.25, -0.2) is 0 Å². The van der Waals surface area contributed by atoms with Gasteiger partial charge in [-0.1, -0.05) is 6.07 Å². The van der Waals surface area contributed by atoms with E-state index in [0.29, 0.717) is 28.6 Å². The normalized spacial score (nSPS) is 11.4. The summed E-state index contributed by atoms with van der Waals surface area (Å²) in [5.41, 5.74) is 0.610. The number of nitrogens with one attached hydrogen (secondary N) is 1. The van der Waals surface area contributed by atoms with Gasteiger partial charge in [-0.05, 0) is 42.0 Å². The molecule has 0 saturated carbocycles. The van der Waals surface area contributed by atoms with E-state index >= 15 is 0 Å². The van der Waals surface area contributed by atoms with Gasteiger partial charge in [0.25, 0.3) is 5.91 Å². The van der Waals surface area contributed by atoms with Crippen molar-refractivity contribution in [2.45, 2.75) is 6.10 Å². The molecule has 1 amide bonds. The third-order valence-corrected chi connectivity index (χ3v) is 3.71. The number of benzene rings is 2. The van der Waals surface area contributed by atoms with Crippen molar-refractivity contribution in [2.24, 2.45) is 0 Å². The van der Waals surface area contributed by atoms with Crippen LogP contribution in [0.25, 0.3) is 0 Å². The highest BCUT2D eigenvalue weighted by Crippen LogP contribution is 2.29. The second-order valence-corrected chi connectivity index (χ2v) is 5.40. The number of carbonyl (C=O) groups excluding carboxylic acids is 1. The molecule has 0 fully saturated rings. The lowest BCUT2D eigenvalue weighted by molar-refractivity contribution is -0.123. The first kappa shape index (κ1) is 19.4. The molecule has 26 heavy (non-hydrogen) atoms.